The average Bonchev–Trinajstić information content (AvgIpc) is 1.98. The smallest absolute Gasteiger partial charge is 0.141 e. The lowest BCUT2D eigenvalue weighted by Gasteiger charge is -2.14. The van der Waals surface area contributed by atoms with Crippen LogP contribution in [0.1, 0.15) is 20.3 Å². The first kappa shape index (κ1) is 10.4. The molecular formula is C8H15FO2. The molecule has 0 bridgehead atoms. The van der Waals surface area contributed by atoms with Gasteiger partial charge in [0.05, 0.1) is 7.11 Å². The van der Waals surface area contributed by atoms with Crippen LogP contribution in [0.4, 0.5) is 4.39 Å². The minimum Gasteiger partial charge on any atom is -0.499 e. The van der Waals surface area contributed by atoms with E-state index >= 15 is 0 Å². The van der Waals surface area contributed by atoms with Gasteiger partial charge in [-0.1, -0.05) is 6.92 Å². The molecule has 0 radical (unpaired) electrons. The van der Waals surface area contributed by atoms with Crippen LogP contribution in [-0.2, 0) is 4.74 Å². The number of ether oxygens (including phenoxy) is 1. The zero-order chi connectivity index (χ0) is 8.85. The summed E-state index contributed by atoms with van der Waals surface area (Å²) >= 11 is 0. The summed E-state index contributed by atoms with van der Waals surface area (Å²) < 4.78 is 17.3. The molecule has 66 valence electrons. The molecule has 0 aromatic heterocycles. The van der Waals surface area contributed by atoms with E-state index in [2.05, 4.69) is 0 Å². The quantitative estimate of drug-likeness (QED) is 0.637. The number of alkyl halides is 1. The summed E-state index contributed by atoms with van der Waals surface area (Å²) in [5.74, 6) is 0.308. The molecule has 0 rings (SSSR count). The van der Waals surface area contributed by atoms with Gasteiger partial charge in [-0.05, 0) is 19.4 Å². The second-order valence-electron chi connectivity index (χ2n) is 2.34. The van der Waals surface area contributed by atoms with Gasteiger partial charge in [-0.2, -0.15) is 0 Å². The molecule has 1 N–H and O–H groups in total. The minimum absolute atomic E-state index is 0.308. The number of hydrogen-bond acceptors (Lipinski definition) is 2. The summed E-state index contributed by atoms with van der Waals surface area (Å²) in [7, 11) is 1.42. The van der Waals surface area contributed by atoms with E-state index in [0.717, 1.165) is 6.42 Å². The third-order valence-corrected chi connectivity index (χ3v) is 1.37. The van der Waals surface area contributed by atoms with Gasteiger partial charge in [0.1, 0.15) is 18.0 Å². The van der Waals surface area contributed by atoms with Gasteiger partial charge in [0.2, 0.25) is 0 Å². The fraction of sp³-hybridized carbons (Fsp3) is 0.750. The van der Waals surface area contributed by atoms with Gasteiger partial charge in [0.25, 0.3) is 0 Å². The van der Waals surface area contributed by atoms with Crippen LogP contribution in [0.3, 0.4) is 0 Å². The van der Waals surface area contributed by atoms with Crippen LogP contribution in [0, 0.1) is 0 Å². The summed E-state index contributed by atoms with van der Waals surface area (Å²) in [6.07, 6.45) is -0.0130. The van der Waals surface area contributed by atoms with Crippen LogP contribution in [0.25, 0.3) is 0 Å². The Hall–Kier alpha value is -0.570. The highest BCUT2D eigenvalue weighted by Crippen LogP contribution is 2.10. The highest BCUT2D eigenvalue weighted by Gasteiger charge is 2.17. The summed E-state index contributed by atoms with van der Waals surface area (Å²) in [6.45, 7) is 3.20. The predicted octanol–water partition coefficient (Wildman–Crippen LogP) is 1.65. The Labute approximate surface area is 66.7 Å². The molecule has 2 atom stereocenters. The summed E-state index contributed by atoms with van der Waals surface area (Å²) in [6, 6.07) is 0. The van der Waals surface area contributed by atoms with Gasteiger partial charge in [-0.25, -0.2) is 4.39 Å². The molecule has 0 aliphatic heterocycles. The van der Waals surface area contributed by atoms with E-state index in [9.17, 15) is 4.39 Å². The first-order valence-electron chi connectivity index (χ1n) is 3.69. The molecule has 0 aliphatic rings. The monoisotopic (exact) mass is 162 g/mol. The molecule has 2 unspecified atom stereocenters. The Morgan fingerprint density at radius 3 is 2.55 bits per heavy atom. The topological polar surface area (TPSA) is 29.5 Å². The highest BCUT2D eigenvalue weighted by molar-refractivity contribution is 5.01. The van der Waals surface area contributed by atoms with Crippen LogP contribution in [0.2, 0.25) is 0 Å². The van der Waals surface area contributed by atoms with Crippen LogP contribution >= 0.6 is 0 Å². The molecule has 0 saturated heterocycles. The van der Waals surface area contributed by atoms with Crippen molar-refractivity contribution in [1.29, 1.82) is 0 Å². The van der Waals surface area contributed by atoms with Crippen LogP contribution in [0.5, 0.6) is 0 Å². The number of halogens is 1. The van der Waals surface area contributed by atoms with E-state index < -0.39 is 12.3 Å². The first-order valence-corrected chi connectivity index (χ1v) is 3.69. The van der Waals surface area contributed by atoms with E-state index in [0.29, 0.717) is 5.76 Å². The van der Waals surface area contributed by atoms with Gasteiger partial charge in [0.15, 0.2) is 0 Å². The van der Waals surface area contributed by atoms with Crippen LogP contribution in [0.15, 0.2) is 11.8 Å². The maximum Gasteiger partial charge on any atom is 0.141 e. The number of aliphatic hydroxyl groups is 1. The number of methoxy groups -OCH3 is 1. The molecule has 0 spiro atoms. The Morgan fingerprint density at radius 1 is 1.73 bits per heavy atom. The third kappa shape index (κ3) is 3.37. The summed E-state index contributed by atoms with van der Waals surface area (Å²) in [4.78, 5) is 0. The lowest BCUT2D eigenvalue weighted by molar-refractivity contribution is 0.0659. The molecule has 0 saturated carbocycles. The molecule has 11 heavy (non-hydrogen) atoms. The van der Waals surface area contributed by atoms with E-state index in [-0.39, 0.29) is 0 Å². The molecule has 0 amide bonds. The Morgan fingerprint density at radius 2 is 2.27 bits per heavy atom. The van der Waals surface area contributed by atoms with Crippen molar-refractivity contribution in [1.82, 2.24) is 0 Å². The zero-order valence-corrected chi connectivity index (χ0v) is 7.17. The first-order chi connectivity index (χ1) is 5.13. The van der Waals surface area contributed by atoms with Crippen molar-refractivity contribution < 1.29 is 14.2 Å². The van der Waals surface area contributed by atoms with E-state index in [1.165, 1.54) is 14.0 Å². The van der Waals surface area contributed by atoms with Crippen LogP contribution in [-0.4, -0.2) is 24.5 Å². The number of hydrogen-bond donors (Lipinski definition) is 1. The SMILES string of the molecule is CC/C=C(\OC)C(O)C(C)F. The number of rotatable bonds is 4. The van der Waals surface area contributed by atoms with Gasteiger partial charge in [0, 0.05) is 0 Å². The molecule has 0 aliphatic carbocycles. The van der Waals surface area contributed by atoms with Gasteiger partial charge in [-0.15, -0.1) is 0 Å². The molecule has 2 nitrogen and oxygen atoms in total. The minimum atomic E-state index is -1.28. The predicted molar refractivity (Wildman–Crippen MR) is 42.0 cm³/mol. The van der Waals surface area contributed by atoms with Crippen molar-refractivity contribution in [3.63, 3.8) is 0 Å². The average molecular weight is 162 g/mol. The molecule has 0 aromatic rings. The van der Waals surface area contributed by atoms with Crippen LogP contribution < -0.4 is 0 Å². The fourth-order valence-electron chi connectivity index (χ4n) is 0.752. The Bertz CT molecular complexity index is 132. The van der Waals surface area contributed by atoms with Crippen molar-refractivity contribution in [3.8, 4) is 0 Å². The van der Waals surface area contributed by atoms with Gasteiger partial charge >= 0.3 is 0 Å². The summed E-state index contributed by atoms with van der Waals surface area (Å²) in [5, 5.41) is 9.15. The van der Waals surface area contributed by atoms with Crippen molar-refractivity contribution in [2.24, 2.45) is 0 Å². The zero-order valence-electron chi connectivity index (χ0n) is 7.17. The lowest BCUT2D eigenvalue weighted by Crippen LogP contribution is -2.22. The number of aliphatic hydroxyl groups excluding tert-OH is 1. The second kappa shape index (κ2) is 5.13. The molecule has 0 heterocycles. The van der Waals surface area contributed by atoms with E-state index in [1.807, 2.05) is 6.92 Å². The van der Waals surface area contributed by atoms with Gasteiger partial charge < -0.3 is 9.84 Å². The fourth-order valence-corrected chi connectivity index (χ4v) is 0.752. The third-order valence-electron chi connectivity index (χ3n) is 1.37. The molecule has 0 fully saturated rings. The molecular weight excluding hydrogens is 147 g/mol. The lowest BCUT2D eigenvalue weighted by atomic mass is 10.2. The maximum absolute atomic E-state index is 12.5. The highest BCUT2D eigenvalue weighted by atomic mass is 19.1. The van der Waals surface area contributed by atoms with Crippen molar-refractivity contribution >= 4 is 0 Å². The molecule has 0 aromatic carbocycles. The maximum atomic E-state index is 12.5. The normalized spacial score (nSPS) is 17.7. The van der Waals surface area contributed by atoms with E-state index in [1.54, 1.807) is 6.08 Å². The second-order valence-corrected chi connectivity index (χ2v) is 2.34. The van der Waals surface area contributed by atoms with Crippen molar-refractivity contribution in [2.45, 2.75) is 32.5 Å². The standard InChI is InChI=1S/C8H15FO2/c1-4-5-7(11-3)8(10)6(2)9/h5-6,8,10H,4H2,1-3H3/b7-5-. The molecule has 3 heteroatoms. The number of allylic oxidation sites excluding steroid dienone is 1. The summed E-state index contributed by atoms with van der Waals surface area (Å²) in [5.41, 5.74) is 0. The van der Waals surface area contributed by atoms with Crippen molar-refractivity contribution in [2.75, 3.05) is 7.11 Å². The Kier molecular flexibility index (Phi) is 4.86. The van der Waals surface area contributed by atoms with Crippen molar-refractivity contribution in [3.05, 3.63) is 11.8 Å². The Balaban J connectivity index is 4.13. The largest absolute Gasteiger partial charge is 0.499 e. The van der Waals surface area contributed by atoms with E-state index in [4.69, 9.17) is 9.84 Å². The van der Waals surface area contributed by atoms with Gasteiger partial charge in [-0.3, -0.25) is 0 Å².